The second-order valence-electron chi connectivity index (χ2n) is 5.05. The number of aromatic nitrogens is 1. The van der Waals surface area contributed by atoms with Gasteiger partial charge >= 0.3 is 0 Å². The fourth-order valence-corrected chi connectivity index (χ4v) is 2.65. The standard InChI is InChI=1S/C16H17NO2/c18-16-5-1-3-13(16)8-10-19-14-7-6-12-4-2-9-17-15(12)11-14/h2,4,6-7,9,11,13H,1,3,5,8,10H2. The fraction of sp³-hybridized carbons (Fsp3) is 0.375. The SMILES string of the molecule is O=C1CCCC1CCOc1ccc2cccnc2c1. The third-order valence-electron chi connectivity index (χ3n) is 3.74. The summed E-state index contributed by atoms with van der Waals surface area (Å²) >= 11 is 0. The molecule has 3 rings (SSSR count). The molecule has 1 atom stereocenters. The largest absolute Gasteiger partial charge is 0.493 e. The molecule has 0 spiro atoms. The Balaban J connectivity index is 1.60. The van der Waals surface area contributed by atoms with Gasteiger partial charge in [-0.3, -0.25) is 9.78 Å². The van der Waals surface area contributed by atoms with Crippen LogP contribution in [0.25, 0.3) is 10.9 Å². The number of hydrogen-bond donors (Lipinski definition) is 0. The summed E-state index contributed by atoms with van der Waals surface area (Å²) in [6.45, 7) is 0.606. The Bertz CT molecular complexity index is 594. The second-order valence-corrected chi connectivity index (χ2v) is 5.05. The molecule has 3 heteroatoms. The highest BCUT2D eigenvalue weighted by molar-refractivity contribution is 5.82. The number of ether oxygens (including phenoxy) is 1. The number of rotatable bonds is 4. The highest BCUT2D eigenvalue weighted by Crippen LogP contribution is 2.25. The van der Waals surface area contributed by atoms with Gasteiger partial charge in [0.1, 0.15) is 11.5 Å². The Morgan fingerprint density at radius 3 is 3.11 bits per heavy atom. The first-order valence-electron chi connectivity index (χ1n) is 6.83. The van der Waals surface area contributed by atoms with Crippen molar-refractivity contribution in [3.8, 4) is 5.75 Å². The van der Waals surface area contributed by atoms with Crippen molar-refractivity contribution in [2.45, 2.75) is 25.7 Å². The summed E-state index contributed by atoms with van der Waals surface area (Å²) in [5.74, 6) is 1.46. The van der Waals surface area contributed by atoms with Gasteiger partial charge in [0.2, 0.25) is 0 Å². The van der Waals surface area contributed by atoms with Crippen LogP contribution < -0.4 is 4.74 Å². The molecule has 1 aromatic heterocycles. The van der Waals surface area contributed by atoms with Crippen LogP contribution in [-0.2, 0) is 4.79 Å². The van der Waals surface area contributed by atoms with Gasteiger partial charge in [-0.1, -0.05) is 6.07 Å². The smallest absolute Gasteiger partial charge is 0.136 e. The van der Waals surface area contributed by atoms with E-state index in [1.807, 2.05) is 30.3 Å². The van der Waals surface area contributed by atoms with E-state index in [0.29, 0.717) is 12.4 Å². The van der Waals surface area contributed by atoms with Crippen molar-refractivity contribution in [1.82, 2.24) is 4.98 Å². The molecule has 0 amide bonds. The van der Waals surface area contributed by atoms with Crippen LogP contribution in [0.5, 0.6) is 5.75 Å². The maximum absolute atomic E-state index is 11.5. The number of nitrogens with zero attached hydrogens (tertiary/aromatic N) is 1. The molecule has 1 aliphatic carbocycles. The number of Topliss-reactive ketones (excluding diaryl/α,β-unsaturated/α-hetero) is 1. The van der Waals surface area contributed by atoms with Crippen LogP contribution in [0, 0.1) is 5.92 Å². The topological polar surface area (TPSA) is 39.2 Å². The van der Waals surface area contributed by atoms with Crippen molar-refractivity contribution in [3.63, 3.8) is 0 Å². The average molecular weight is 255 g/mol. The minimum absolute atomic E-state index is 0.221. The molecule has 1 aromatic carbocycles. The predicted molar refractivity (Wildman–Crippen MR) is 74.2 cm³/mol. The van der Waals surface area contributed by atoms with E-state index in [9.17, 15) is 4.79 Å². The minimum Gasteiger partial charge on any atom is -0.493 e. The number of carbonyl (C=O) groups is 1. The Hall–Kier alpha value is -1.90. The molecule has 98 valence electrons. The van der Waals surface area contributed by atoms with E-state index >= 15 is 0 Å². The van der Waals surface area contributed by atoms with Gasteiger partial charge in [0.05, 0.1) is 12.1 Å². The summed E-state index contributed by atoms with van der Waals surface area (Å²) in [6.07, 6.45) is 5.44. The summed E-state index contributed by atoms with van der Waals surface area (Å²) in [5, 5.41) is 1.11. The molecule has 0 saturated heterocycles. The highest BCUT2D eigenvalue weighted by atomic mass is 16.5. The molecule has 1 unspecified atom stereocenters. The Kier molecular flexibility index (Phi) is 3.45. The predicted octanol–water partition coefficient (Wildman–Crippen LogP) is 3.37. The number of hydrogen-bond acceptors (Lipinski definition) is 3. The number of pyridine rings is 1. The van der Waals surface area contributed by atoms with Gasteiger partial charge in [-0.05, 0) is 37.5 Å². The first kappa shape index (κ1) is 12.2. The maximum Gasteiger partial charge on any atom is 0.136 e. The number of fused-ring (bicyclic) bond motifs is 1. The average Bonchev–Trinajstić information content (AvgIpc) is 2.84. The number of ketones is 1. The Morgan fingerprint density at radius 1 is 1.32 bits per heavy atom. The van der Waals surface area contributed by atoms with Crippen molar-refractivity contribution in [1.29, 1.82) is 0 Å². The lowest BCUT2D eigenvalue weighted by Gasteiger charge is -2.10. The van der Waals surface area contributed by atoms with Crippen LogP contribution in [0.4, 0.5) is 0 Å². The van der Waals surface area contributed by atoms with E-state index in [2.05, 4.69) is 4.98 Å². The van der Waals surface area contributed by atoms with Crippen LogP contribution in [-0.4, -0.2) is 17.4 Å². The summed E-state index contributed by atoms with van der Waals surface area (Å²) in [6, 6.07) is 9.88. The summed E-state index contributed by atoms with van der Waals surface area (Å²) in [7, 11) is 0. The van der Waals surface area contributed by atoms with Gasteiger partial charge < -0.3 is 4.74 Å². The van der Waals surface area contributed by atoms with E-state index in [-0.39, 0.29) is 5.92 Å². The van der Waals surface area contributed by atoms with Gasteiger partial charge in [0.25, 0.3) is 0 Å². The summed E-state index contributed by atoms with van der Waals surface area (Å²) in [5.41, 5.74) is 0.942. The zero-order chi connectivity index (χ0) is 13.1. The lowest BCUT2D eigenvalue weighted by atomic mass is 10.0. The first-order chi connectivity index (χ1) is 9.33. The van der Waals surface area contributed by atoms with Crippen LogP contribution in [0.15, 0.2) is 36.5 Å². The Labute approximate surface area is 112 Å². The summed E-state index contributed by atoms with van der Waals surface area (Å²) < 4.78 is 5.73. The van der Waals surface area contributed by atoms with Crippen LogP contribution >= 0.6 is 0 Å². The molecule has 1 heterocycles. The molecular weight excluding hydrogens is 238 g/mol. The van der Waals surface area contributed by atoms with Crippen LogP contribution in [0.1, 0.15) is 25.7 Å². The van der Waals surface area contributed by atoms with E-state index in [4.69, 9.17) is 4.74 Å². The monoisotopic (exact) mass is 255 g/mol. The van der Waals surface area contributed by atoms with E-state index in [1.54, 1.807) is 6.20 Å². The van der Waals surface area contributed by atoms with Crippen molar-refractivity contribution in [2.24, 2.45) is 5.92 Å². The van der Waals surface area contributed by atoms with Crippen molar-refractivity contribution >= 4 is 16.7 Å². The van der Waals surface area contributed by atoms with Gasteiger partial charge in [-0.25, -0.2) is 0 Å². The molecule has 0 bridgehead atoms. The summed E-state index contributed by atoms with van der Waals surface area (Å²) in [4.78, 5) is 15.8. The fourth-order valence-electron chi connectivity index (χ4n) is 2.65. The number of benzene rings is 1. The lowest BCUT2D eigenvalue weighted by molar-refractivity contribution is -0.121. The highest BCUT2D eigenvalue weighted by Gasteiger charge is 2.23. The van der Waals surface area contributed by atoms with Crippen molar-refractivity contribution in [2.75, 3.05) is 6.61 Å². The Morgan fingerprint density at radius 2 is 2.26 bits per heavy atom. The molecule has 0 radical (unpaired) electrons. The van der Waals surface area contributed by atoms with E-state index in [0.717, 1.165) is 42.3 Å². The second kappa shape index (κ2) is 5.39. The molecular formula is C16H17NO2. The molecule has 0 aliphatic heterocycles. The van der Waals surface area contributed by atoms with Crippen molar-refractivity contribution < 1.29 is 9.53 Å². The zero-order valence-corrected chi connectivity index (χ0v) is 10.8. The lowest BCUT2D eigenvalue weighted by Crippen LogP contribution is -2.11. The normalized spacial score (nSPS) is 18.9. The molecule has 19 heavy (non-hydrogen) atoms. The van der Waals surface area contributed by atoms with Gasteiger partial charge in [-0.2, -0.15) is 0 Å². The van der Waals surface area contributed by atoms with Crippen LogP contribution in [0.3, 0.4) is 0 Å². The molecule has 1 saturated carbocycles. The third-order valence-corrected chi connectivity index (χ3v) is 3.74. The van der Waals surface area contributed by atoms with Gasteiger partial charge in [0, 0.05) is 30.0 Å². The quantitative estimate of drug-likeness (QED) is 0.840. The number of carbonyl (C=O) groups excluding carboxylic acids is 1. The van der Waals surface area contributed by atoms with Crippen molar-refractivity contribution in [3.05, 3.63) is 36.5 Å². The molecule has 1 aliphatic rings. The molecule has 1 fully saturated rings. The zero-order valence-electron chi connectivity index (χ0n) is 10.8. The molecule has 3 nitrogen and oxygen atoms in total. The maximum atomic E-state index is 11.5. The van der Waals surface area contributed by atoms with Gasteiger partial charge in [-0.15, -0.1) is 0 Å². The van der Waals surface area contributed by atoms with Crippen LogP contribution in [0.2, 0.25) is 0 Å². The molecule has 0 N–H and O–H groups in total. The molecule has 2 aromatic rings. The minimum atomic E-state index is 0.221. The first-order valence-corrected chi connectivity index (χ1v) is 6.83. The van der Waals surface area contributed by atoms with E-state index in [1.165, 1.54) is 0 Å². The third kappa shape index (κ3) is 2.75. The van der Waals surface area contributed by atoms with Gasteiger partial charge in [0.15, 0.2) is 0 Å². The van der Waals surface area contributed by atoms with E-state index < -0.39 is 0 Å².